The Labute approximate surface area is 177 Å². The Kier molecular flexibility index (Phi) is 5.84. The zero-order valence-corrected chi connectivity index (χ0v) is 17.3. The van der Waals surface area contributed by atoms with E-state index in [1.807, 2.05) is 25.1 Å². The quantitative estimate of drug-likeness (QED) is 0.571. The molecule has 0 spiro atoms. The van der Waals surface area contributed by atoms with Crippen molar-refractivity contribution in [1.82, 2.24) is 0 Å². The number of ether oxygens (including phenoxy) is 2. The Morgan fingerprint density at radius 2 is 2.13 bits per heavy atom. The number of amides is 1. The number of anilines is 1. The number of esters is 1. The number of furan rings is 1. The zero-order valence-electron chi connectivity index (χ0n) is 16.4. The number of hydrogen-bond donors (Lipinski definition) is 1. The van der Waals surface area contributed by atoms with E-state index in [0.29, 0.717) is 28.3 Å². The number of benzene rings is 1. The van der Waals surface area contributed by atoms with Crippen molar-refractivity contribution in [2.45, 2.75) is 32.8 Å². The molecule has 0 radical (unpaired) electrons. The minimum atomic E-state index is -0.731. The number of thiophene rings is 1. The van der Waals surface area contributed by atoms with Gasteiger partial charge in [-0.15, -0.1) is 11.3 Å². The summed E-state index contributed by atoms with van der Waals surface area (Å²) in [6.07, 6.45) is 2.81. The molecule has 4 rings (SSSR count). The minimum Gasteiger partial charge on any atom is -0.450 e. The molecule has 2 aromatic heterocycles. The van der Waals surface area contributed by atoms with Gasteiger partial charge >= 0.3 is 5.97 Å². The number of nitriles is 1. The van der Waals surface area contributed by atoms with Crippen LogP contribution in [-0.4, -0.2) is 25.1 Å². The largest absolute Gasteiger partial charge is 0.450 e. The van der Waals surface area contributed by atoms with Crippen LogP contribution in [0.5, 0.6) is 0 Å². The number of fused-ring (bicyclic) bond motifs is 2. The van der Waals surface area contributed by atoms with Crippen LogP contribution in [0.3, 0.4) is 0 Å². The van der Waals surface area contributed by atoms with Crippen LogP contribution in [0.4, 0.5) is 5.00 Å². The number of para-hydroxylation sites is 1. The number of rotatable bonds is 7. The maximum absolute atomic E-state index is 12.6. The molecule has 1 amide bonds. The van der Waals surface area contributed by atoms with Crippen molar-refractivity contribution in [3.8, 4) is 6.07 Å². The molecule has 1 aliphatic carbocycles. The summed E-state index contributed by atoms with van der Waals surface area (Å²) < 4.78 is 16.3. The molecule has 154 valence electrons. The summed E-state index contributed by atoms with van der Waals surface area (Å²) in [7, 11) is 0. The van der Waals surface area contributed by atoms with Crippen molar-refractivity contribution in [3.05, 3.63) is 51.6 Å². The topological polar surface area (TPSA) is 102 Å². The van der Waals surface area contributed by atoms with E-state index in [-0.39, 0.29) is 12.4 Å². The Hall–Kier alpha value is -3.15. The highest BCUT2D eigenvalue weighted by Gasteiger charge is 2.25. The number of aryl methyl sites for hydroxylation is 1. The fourth-order valence-electron chi connectivity index (χ4n) is 3.58. The summed E-state index contributed by atoms with van der Waals surface area (Å²) in [6, 6.07) is 9.43. The van der Waals surface area contributed by atoms with E-state index in [9.17, 15) is 14.9 Å². The summed E-state index contributed by atoms with van der Waals surface area (Å²) in [5, 5.41) is 13.4. The molecule has 7 nitrogen and oxygen atoms in total. The highest BCUT2D eigenvalue weighted by atomic mass is 32.1. The fraction of sp³-hybridized carbons (Fsp3) is 0.318. The van der Waals surface area contributed by atoms with Crippen molar-refractivity contribution in [2.24, 2.45) is 0 Å². The highest BCUT2D eigenvalue weighted by molar-refractivity contribution is 7.16. The number of carbonyl (C=O) groups excluding carboxylic acids is 2. The summed E-state index contributed by atoms with van der Waals surface area (Å²) in [6.45, 7) is 2.08. The molecule has 0 bridgehead atoms. The number of nitrogens with one attached hydrogen (secondary N) is 1. The van der Waals surface area contributed by atoms with Crippen LogP contribution in [0.15, 0.2) is 28.7 Å². The molecule has 30 heavy (non-hydrogen) atoms. The Balaban J connectivity index is 1.45. The van der Waals surface area contributed by atoms with Crippen molar-refractivity contribution in [1.29, 1.82) is 5.26 Å². The zero-order chi connectivity index (χ0) is 21.1. The first-order chi connectivity index (χ1) is 14.6. The van der Waals surface area contributed by atoms with E-state index in [1.54, 1.807) is 6.07 Å². The Morgan fingerprint density at radius 1 is 1.30 bits per heavy atom. The number of hydrogen-bond acceptors (Lipinski definition) is 7. The third-order valence-corrected chi connectivity index (χ3v) is 6.16. The Morgan fingerprint density at radius 3 is 2.93 bits per heavy atom. The summed E-state index contributed by atoms with van der Waals surface area (Å²) >= 11 is 1.42. The molecule has 2 heterocycles. The van der Waals surface area contributed by atoms with Crippen LogP contribution in [0, 0.1) is 11.3 Å². The van der Waals surface area contributed by atoms with Gasteiger partial charge in [0, 0.05) is 22.4 Å². The van der Waals surface area contributed by atoms with Crippen LogP contribution in [-0.2, 0) is 33.7 Å². The van der Waals surface area contributed by atoms with Crippen molar-refractivity contribution in [3.63, 3.8) is 0 Å². The summed E-state index contributed by atoms with van der Waals surface area (Å²) in [4.78, 5) is 26.1. The van der Waals surface area contributed by atoms with Gasteiger partial charge in [0.15, 0.2) is 6.61 Å². The van der Waals surface area contributed by atoms with Crippen molar-refractivity contribution >= 4 is 39.2 Å². The maximum Gasteiger partial charge on any atom is 0.375 e. The van der Waals surface area contributed by atoms with E-state index in [4.69, 9.17) is 13.9 Å². The predicted molar refractivity (Wildman–Crippen MR) is 112 cm³/mol. The lowest BCUT2D eigenvalue weighted by molar-refractivity contribution is -0.119. The van der Waals surface area contributed by atoms with Gasteiger partial charge in [0.1, 0.15) is 16.7 Å². The third kappa shape index (κ3) is 3.82. The lowest BCUT2D eigenvalue weighted by Crippen LogP contribution is -2.21. The van der Waals surface area contributed by atoms with E-state index in [1.165, 1.54) is 11.3 Å². The molecule has 0 aliphatic heterocycles. The van der Waals surface area contributed by atoms with E-state index in [0.717, 1.165) is 35.1 Å². The molecule has 3 aromatic rings. The second-order valence-corrected chi connectivity index (χ2v) is 7.95. The molecule has 0 atom stereocenters. The normalized spacial score (nSPS) is 12.5. The minimum absolute atomic E-state index is 0.0327. The van der Waals surface area contributed by atoms with Gasteiger partial charge in [0.25, 0.3) is 5.91 Å². The van der Waals surface area contributed by atoms with Crippen LogP contribution >= 0.6 is 11.3 Å². The lowest BCUT2D eigenvalue weighted by Gasteiger charge is -2.06. The molecule has 1 aromatic carbocycles. The summed E-state index contributed by atoms with van der Waals surface area (Å²) in [5.74, 6) is -1.20. The van der Waals surface area contributed by atoms with Gasteiger partial charge < -0.3 is 19.2 Å². The average molecular weight is 424 g/mol. The third-order valence-electron chi connectivity index (χ3n) is 4.95. The second kappa shape index (κ2) is 8.69. The number of nitrogens with zero attached hydrogens (tertiary/aromatic N) is 1. The first kappa shape index (κ1) is 20.1. The highest BCUT2D eigenvalue weighted by Crippen LogP contribution is 2.38. The molecular weight excluding hydrogens is 404 g/mol. The molecule has 1 aliphatic rings. The van der Waals surface area contributed by atoms with Gasteiger partial charge in [-0.25, -0.2) is 4.79 Å². The molecule has 1 N–H and O–H groups in total. The monoisotopic (exact) mass is 424 g/mol. The first-order valence-electron chi connectivity index (χ1n) is 9.72. The van der Waals surface area contributed by atoms with Gasteiger partial charge in [-0.2, -0.15) is 5.26 Å². The van der Waals surface area contributed by atoms with E-state index >= 15 is 0 Å². The smallest absolute Gasteiger partial charge is 0.375 e. The standard InChI is InChI=1S/C22H20N2O5S/c1-2-27-11-16-13-6-3-4-8-17(13)29-20(16)22(26)28-12-19(25)24-21-15(10-23)14-7-5-9-18(14)30-21/h3-4,6,8H,2,5,7,9,11-12H2,1H3,(H,24,25). The molecule has 0 saturated carbocycles. The van der Waals surface area contributed by atoms with E-state index in [2.05, 4.69) is 11.4 Å². The van der Waals surface area contributed by atoms with Crippen molar-refractivity contribution in [2.75, 3.05) is 18.5 Å². The Bertz CT molecular complexity index is 1150. The van der Waals surface area contributed by atoms with Gasteiger partial charge in [0.2, 0.25) is 5.76 Å². The molecular formula is C22H20N2O5S. The average Bonchev–Trinajstić information content (AvgIpc) is 3.43. The molecule has 0 unspecified atom stereocenters. The van der Waals surface area contributed by atoms with Crippen LogP contribution in [0.1, 0.15) is 45.5 Å². The van der Waals surface area contributed by atoms with Gasteiger partial charge in [0.05, 0.1) is 12.2 Å². The predicted octanol–water partition coefficient (Wildman–Crippen LogP) is 4.19. The van der Waals surface area contributed by atoms with Crippen LogP contribution in [0.25, 0.3) is 11.0 Å². The lowest BCUT2D eigenvalue weighted by atomic mass is 10.1. The van der Waals surface area contributed by atoms with Crippen LogP contribution in [0.2, 0.25) is 0 Å². The van der Waals surface area contributed by atoms with Crippen LogP contribution < -0.4 is 5.32 Å². The van der Waals surface area contributed by atoms with E-state index < -0.39 is 18.5 Å². The first-order valence-corrected chi connectivity index (χ1v) is 10.5. The van der Waals surface area contributed by atoms with Gasteiger partial charge in [-0.05, 0) is 37.8 Å². The number of carbonyl (C=O) groups is 2. The SMILES string of the molecule is CCOCc1c(C(=O)OCC(=O)Nc2sc3c(c2C#N)CCC3)oc2ccccc12. The second-order valence-electron chi connectivity index (χ2n) is 6.84. The summed E-state index contributed by atoms with van der Waals surface area (Å²) in [5.41, 5.74) is 2.69. The molecule has 0 fully saturated rings. The molecule has 8 heteroatoms. The van der Waals surface area contributed by atoms with Gasteiger partial charge in [-0.3, -0.25) is 4.79 Å². The fourth-order valence-corrected chi connectivity index (χ4v) is 4.84. The maximum atomic E-state index is 12.6. The van der Waals surface area contributed by atoms with Gasteiger partial charge in [-0.1, -0.05) is 18.2 Å². The van der Waals surface area contributed by atoms with Crippen molar-refractivity contribution < 1.29 is 23.5 Å². The molecule has 0 saturated heterocycles.